The van der Waals surface area contributed by atoms with Crippen molar-refractivity contribution in [1.29, 1.82) is 5.26 Å². The lowest BCUT2D eigenvalue weighted by atomic mass is 9.80. The number of rotatable bonds is 9. The summed E-state index contributed by atoms with van der Waals surface area (Å²) in [4.78, 5) is 63.1. The van der Waals surface area contributed by atoms with E-state index in [1.807, 2.05) is 0 Å². The van der Waals surface area contributed by atoms with Crippen molar-refractivity contribution in [2.24, 2.45) is 0 Å². The van der Waals surface area contributed by atoms with Gasteiger partial charge in [-0.3, -0.25) is 24.0 Å². The number of carbonyl (C=O) groups excluding carboxylic acids is 5. The van der Waals surface area contributed by atoms with Gasteiger partial charge in [-0.05, 0) is 31.5 Å². The molecule has 0 N–H and O–H groups in total. The molecule has 0 bridgehead atoms. The maximum absolute atomic E-state index is 13.2. The van der Waals surface area contributed by atoms with Crippen molar-refractivity contribution >= 4 is 42.3 Å². The lowest BCUT2D eigenvalue weighted by molar-refractivity contribution is -0.271. The Balaban J connectivity index is 2.28. The summed E-state index contributed by atoms with van der Waals surface area (Å²) in [5.41, 5.74) is 1.20. The molecular weight excluding hydrogens is 596 g/mol. The first kappa shape index (κ1) is 34.1. The zero-order valence-corrected chi connectivity index (χ0v) is 26.2. The van der Waals surface area contributed by atoms with Crippen molar-refractivity contribution in [3.05, 3.63) is 51.7 Å². The second-order valence-electron chi connectivity index (χ2n) is 10.1. The molecule has 14 heteroatoms. The van der Waals surface area contributed by atoms with Crippen LogP contribution >= 0.6 is 12.6 Å². The van der Waals surface area contributed by atoms with Crippen molar-refractivity contribution in [3.8, 4) is 11.8 Å². The van der Waals surface area contributed by atoms with Crippen molar-refractivity contribution in [2.75, 3.05) is 13.7 Å². The van der Waals surface area contributed by atoms with Crippen molar-refractivity contribution in [3.63, 3.8) is 0 Å². The maximum Gasteiger partial charge on any atom is 0.303 e. The van der Waals surface area contributed by atoms with Gasteiger partial charge >= 0.3 is 23.9 Å². The molecule has 6 atom stereocenters. The minimum absolute atomic E-state index is 0.0525. The number of methoxy groups -OCH3 is 1. The van der Waals surface area contributed by atoms with Crippen molar-refractivity contribution < 1.29 is 52.4 Å². The van der Waals surface area contributed by atoms with Crippen molar-refractivity contribution in [1.82, 2.24) is 4.90 Å². The molecule has 1 aromatic rings. The molecule has 2 aliphatic rings. The van der Waals surface area contributed by atoms with Gasteiger partial charge in [-0.2, -0.15) is 5.26 Å². The Hall–Kier alpha value is -4.35. The number of hydrogen-bond acceptors (Lipinski definition) is 14. The van der Waals surface area contributed by atoms with Gasteiger partial charge in [-0.25, -0.2) is 0 Å². The standard InChI is InChI=1S/C30H34N2O11S/c1-14-24(15(2)33)25(20-8-10-21(38-7)11-9-20)22(12-31)30(44)32(14)29-28(42-19(6)37)27(41-18(5)36)26(40-17(4)35)23(43-29)13-39-16(3)34/h8-11,23,25-29,44H,13H2,1-7H3/t23-,25-,26+,27+,28+,29-/m0/s1. The normalized spacial score (nSPS) is 25.0. The molecule has 2 heterocycles. The van der Waals surface area contributed by atoms with E-state index < -0.39 is 67.0 Å². The second kappa shape index (κ2) is 14.4. The minimum atomic E-state index is -1.47. The van der Waals surface area contributed by atoms with Crippen LogP contribution in [0.3, 0.4) is 0 Å². The fraction of sp³-hybridized carbons (Fsp3) is 0.467. The fourth-order valence-electron chi connectivity index (χ4n) is 5.33. The lowest BCUT2D eigenvalue weighted by Gasteiger charge is -2.50. The largest absolute Gasteiger partial charge is 0.497 e. The quantitative estimate of drug-likeness (QED) is 0.240. The lowest BCUT2D eigenvalue weighted by Crippen LogP contribution is -2.66. The van der Waals surface area contributed by atoms with Gasteiger partial charge in [-0.1, -0.05) is 12.1 Å². The molecule has 44 heavy (non-hydrogen) atoms. The average molecular weight is 631 g/mol. The highest BCUT2D eigenvalue weighted by molar-refractivity contribution is 7.84. The second-order valence-corrected chi connectivity index (χ2v) is 10.5. The predicted octanol–water partition coefficient (Wildman–Crippen LogP) is 2.71. The number of allylic oxidation sites excluding steroid dienone is 3. The SMILES string of the molecule is COc1ccc([C@H]2C(C#N)=C(S)N([C@H]3O[C@@H](COC(C)=O)[C@@H](OC(C)=O)[C@@H](OC(C)=O)[C@H]3OC(C)=O)C(C)=C2C(C)=O)cc1. The van der Waals surface area contributed by atoms with E-state index in [1.165, 1.54) is 18.9 Å². The fourth-order valence-corrected chi connectivity index (χ4v) is 5.77. The van der Waals surface area contributed by atoms with E-state index in [2.05, 4.69) is 6.07 Å². The minimum Gasteiger partial charge on any atom is -0.497 e. The Kier molecular flexibility index (Phi) is 11.2. The zero-order valence-electron chi connectivity index (χ0n) is 25.3. The number of benzene rings is 1. The molecule has 1 fully saturated rings. The molecule has 0 amide bonds. The number of hydrogen-bond donors (Lipinski definition) is 1. The third kappa shape index (κ3) is 7.40. The molecule has 0 saturated carbocycles. The molecule has 1 saturated heterocycles. The molecule has 13 nitrogen and oxygen atoms in total. The van der Waals surface area contributed by atoms with Gasteiger partial charge in [0.05, 0.1) is 29.7 Å². The molecule has 0 aliphatic carbocycles. The van der Waals surface area contributed by atoms with E-state index in [1.54, 1.807) is 31.2 Å². The third-order valence-corrected chi connectivity index (χ3v) is 7.42. The number of esters is 4. The molecule has 236 valence electrons. The number of nitrogens with zero attached hydrogens (tertiary/aromatic N) is 2. The van der Waals surface area contributed by atoms with Crippen LogP contribution in [0.15, 0.2) is 46.1 Å². The third-order valence-electron chi connectivity index (χ3n) is 6.97. The van der Waals surface area contributed by atoms with Gasteiger partial charge in [0.15, 0.2) is 30.3 Å². The topological polar surface area (TPSA) is 168 Å². The first-order chi connectivity index (χ1) is 20.7. The average Bonchev–Trinajstić information content (AvgIpc) is 2.93. The van der Waals surface area contributed by atoms with E-state index in [-0.39, 0.29) is 22.0 Å². The molecule has 0 radical (unpaired) electrons. The Labute approximate surface area is 260 Å². The first-order valence-corrected chi connectivity index (χ1v) is 13.9. The van der Waals surface area contributed by atoms with Crippen molar-refractivity contribution in [2.45, 2.75) is 78.1 Å². The highest BCUT2D eigenvalue weighted by Gasteiger charge is 2.55. The molecule has 0 spiro atoms. The Morgan fingerprint density at radius 1 is 0.886 bits per heavy atom. The first-order valence-electron chi connectivity index (χ1n) is 13.5. The smallest absolute Gasteiger partial charge is 0.303 e. The van der Waals surface area contributed by atoms with Crippen LogP contribution in [0.1, 0.15) is 53.0 Å². The summed E-state index contributed by atoms with van der Waals surface area (Å²) in [7, 11) is 1.51. The summed E-state index contributed by atoms with van der Waals surface area (Å²) in [6.07, 6.45) is -6.97. The Morgan fingerprint density at radius 2 is 1.43 bits per heavy atom. The number of carbonyl (C=O) groups is 5. The monoisotopic (exact) mass is 630 g/mol. The predicted molar refractivity (Wildman–Crippen MR) is 155 cm³/mol. The zero-order chi connectivity index (χ0) is 32.9. The van der Waals surface area contributed by atoms with Crippen LogP contribution in [-0.2, 0) is 47.7 Å². The van der Waals surface area contributed by atoms with E-state index in [0.29, 0.717) is 17.0 Å². The molecule has 3 rings (SSSR count). The summed E-state index contributed by atoms with van der Waals surface area (Å²) in [5.74, 6) is -3.67. The van der Waals surface area contributed by atoms with Gasteiger partial charge in [-0.15, -0.1) is 12.6 Å². The van der Waals surface area contributed by atoms with Crippen LogP contribution in [0.5, 0.6) is 5.75 Å². The van der Waals surface area contributed by atoms with E-state index in [4.69, 9.17) is 41.0 Å². The number of ether oxygens (including phenoxy) is 6. The Morgan fingerprint density at radius 3 is 1.91 bits per heavy atom. The summed E-state index contributed by atoms with van der Waals surface area (Å²) >= 11 is 4.70. The van der Waals surface area contributed by atoms with Crippen LogP contribution in [0.4, 0.5) is 0 Å². The molecule has 1 aromatic carbocycles. The summed E-state index contributed by atoms with van der Waals surface area (Å²) in [6.45, 7) is 7.00. The molecular formula is C30H34N2O11S. The van der Waals surface area contributed by atoms with E-state index in [0.717, 1.165) is 27.7 Å². The van der Waals surface area contributed by atoms with Gasteiger partial charge < -0.3 is 33.3 Å². The van der Waals surface area contributed by atoms with E-state index in [9.17, 15) is 29.2 Å². The van der Waals surface area contributed by atoms with Gasteiger partial charge in [0.1, 0.15) is 18.5 Å². The van der Waals surface area contributed by atoms with Gasteiger partial charge in [0.2, 0.25) is 0 Å². The maximum atomic E-state index is 13.2. The number of Topliss-reactive ketones (excluding diaryl/α,β-unsaturated/α-hetero) is 1. The van der Waals surface area contributed by atoms with Crippen LogP contribution in [0, 0.1) is 11.3 Å². The Bertz CT molecular complexity index is 1430. The summed E-state index contributed by atoms with van der Waals surface area (Å²) in [5, 5.41) is 10.4. The summed E-state index contributed by atoms with van der Waals surface area (Å²) < 4.78 is 33.3. The molecule has 0 aromatic heterocycles. The van der Waals surface area contributed by atoms with Crippen LogP contribution in [-0.4, -0.2) is 78.9 Å². The van der Waals surface area contributed by atoms with E-state index >= 15 is 0 Å². The number of nitriles is 1. The van der Waals surface area contributed by atoms with Gasteiger partial charge in [0.25, 0.3) is 0 Å². The molecule has 2 aliphatic heterocycles. The highest BCUT2D eigenvalue weighted by Crippen LogP contribution is 2.46. The van der Waals surface area contributed by atoms with Gasteiger partial charge in [0, 0.05) is 39.0 Å². The highest BCUT2D eigenvalue weighted by atomic mass is 32.1. The number of thiol groups is 1. The number of ketones is 1. The van der Waals surface area contributed by atoms with Crippen LogP contribution in [0.2, 0.25) is 0 Å². The van der Waals surface area contributed by atoms with Crippen LogP contribution < -0.4 is 4.74 Å². The summed E-state index contributed by atoms with van der Waals surface area (Å²) in [6, 6.07) is 8.99. The molecule has 0 unspecified atom stereocenters. The van der Waals surface area contributed by atoms with Crippen LogP contribution in [0.25, 0.3) is 0 Å².